The summed E-state index contributed by atoms with van der Waals surface area (Å²) in [5.41, 5.74) is 1.79. The van der Waals surface area contributed by atoms with Crippen LogP contribution < -0.4 is 10.1 Å². The van der Waals surface area contributed by atoms with Crippen molar-refractivity contribution in [3.8, 4) is 11.8 Å². The number of hydrogen-bond donors (Lipinski definition) is 1. The number of rotatable bonds is 9. The van der Waals surface area contributed by atoms with Crippen LogP contribution in [0.3, 0.4) is 0 Å². The molecule has 2 aromatic carbocycles. The summed E-state index contributed by atoms with van der Waals surface area (Å²) in [6.45, 7) is 2.34. The quantitative estimate of drug-likeness (QED) is 0.540. The van der Waals surface area contributed by atoms with Gasteiger partial charge in [0.1, 0.15) is 5.75 Å². The smallest absolute Gasteiger partial charge is 0.338 e. The first-order chi connectivity index (χ1) is 13.1. The first-order valence-electron chi connectivity index (χ1n) is 8.78. The lowest BCUT2D eigenvalue weighted by atomic mass is 10.1. The average Bonchev–Trinajstić information content (AvgIpc) is 2.68. The molecule has 0 fully saturated rings. The van der Waals surface area contributed by atoms with Crippen LogP contribution in [0.25, 0.3) is 0 Å². The van der Waals surface area contributed by atoms with E-state index in [1.807, 2.05) is 0 Å². The van der Waals surface area contributed by atoms with Crippen molar-refractivity contribution < 1.29 is 19.1 Å². The van der Waals surface area contributed by atoms with Crippen molar-refractivity contribution in [1.29, 1.82) is 5.26 Å². The maximum absolute atomic E-state index is 12.0. The summed E-state index contributed by atoms with van der Waals surface area (Å²) in [7, 11) is 0. The van der Waals surface area contributed by atoms with E-state index in [0.717, 1.165) is 18.4 Å². The van der Waals surface area contributed by atoms with Crippen LogP contribution in [0, 0.1) is 11.3 Å². The fourth-order valence-electron chi connectivity index (χ4n) is 2.23. The fraction of sp³-hybridized carbons (Fsp3) is 0.286. The van der Waals surface area contributed by atoms with Crippen LogP contribution >= 0.6 is 0 Å². The number of carbonyl (C=O) groups excluding carboxylic acids is 2. The summed E-state index contributed by atoms with van der Waals surface area (Å²) in [5.74, 6) is -0.317. The largest absolute Gasteiger partial charge is 0.494 e. The SMILES string of the molecule is CCCCOc1ccc(C(=O)OCC(=O)Nc2ccc(CC#N)cc2)cc1. The van der Waals surface area contributed by atoms with Crippen LogP contribution in [0.1, 0.15) is 35.7 Å². The lowest BCUT2D eigenvalue weighted by Gasteiger charge is -2.08. The third-order valence-electron chi connectivity index (χ3n) is 3.71. The van der Waals surface area contributed by atoms with Gasteiger partial charge in [-0.1, -0.05) is 25.5 Å². The van der Waals surface area contributed by atoms with Crippen LogP contribution in [0.4, 0.5) is 5.69 Å². The van der Waals surface area contributed by atoms with E-state index in [9.17, 15) is 9.59 Å². The summed E-state index contributed by atoms with van der Waals surface area (Å²) >= 11 is 0. The van der Waals surface area contributed by atoms with Crippen molar-refractivity contribution in [2.45, 2.75) is 26.2 Å². The Bertz CT molecular complexity index is 792. The van der Waals surface area contributed by atoms with Gasteiger partial charge in [0.15, 0.2) is 6.61 Å². The van der Waals surface area contributed by atoms with Gasteiger partial charge in [-0.05, 0) is 48.4 Å². The monoisotopic (exact) mass is 366 g/mol. The minimum atomic E-state index is -0.574. The molecule has 0 saturated heterocycles. The zero-order chi connectivity index (χ0) is 19.5. The zero-order valence-electron chi connectivity index (χ0n) is 15.2. The third kappa shape index (κ3) is 6.83. The predicted octanol–water partition coefficient (Wildman–Crippen LogP) is 3.73. The Balaban J connectivity index is 1.78. The van der Waals surface area contributed by atoms with Gasteiger partial charge in [0.25, 0.3) is 5.91 Å². The molecule has 0 atom stereocenters. The zero-order valence-corrected chi connectivity index (χ0v) is 15.2. The van der Waals surface area contributed by atoms with Gasteiger partial charge in [-0.2, -0.15) is 5.26 Å². The highest BCUT2D eigenvalue weighted by Crippen LogP contribution is 2.14. The van der Waals surface area contributed by atoms with Crippen molar-refractivity contribution in [1.82, 2.24) is 0 Å². The second kappa shape index (κ2) is 10.6. The maximum Gasteiger partial charge on any atom is 0.338 e. The molecule has 0 aliphatic carbocycles. The maximum atomic E-state index is 12.0. The number of benzene rings is 2. The van der Waals surface area contributed by atoms with E-state index in [2.05, 4.69) is 18.3 Å². The van der Waals surface area contributed by atoms with E-state index >= 15 is 0 Å². The van der Waals surface area contributed by atoms with Gasteiger partial charge in [0.2, 0.25) is 0 Å². The Kier molecular flexibility index (Phi) is 7.86. The van der Waals surface area contributed by atoms with Gasteiger partial charge in [0.05, 0.1) is 24.7 Å². The van der Waals surface area contributed by atoms with E-state index in [1.165, 1.54) is 0 Å². The van der Waals surface area contributed by atoms with Gasteiger partial charge in [0, 0.05) is 5.69 Å². The lowest BCUT2D eigenvalue weighted by Crippen LogP contribution is -2.20. The summed E-state index contributed by atoms with van der Waals surface area (Å²) in [5, 5.41) is 11.3. The number of esters is 1. The molecule has 0 heterocycles. The summed E-state index contributed by atoms with van der Waals surface area (Å²) < 4.78 is 10.6. The van der Waals surface area contributed by atoms with Crippen LogP contribution in [0.15, 0.2) is 48.5 Å². The molecule has 1 N–H and O–H groups in total. The molecule has 6 heteroatoms. The average molecular weight is 366 g/mol. The molecule has 0 aliphatic rings. The Hall–Kier alpha value is -3.33. The number of nitriles is 1. The molecule has 6 nitrogen and oxygen atoms in total. The number of unbranched alkanes of at least 4 members (excludes halogenated alkanes) is 1. The second-order valence-electron chi connectivity index (χ2n) is 5.88. The van der Waals surface area contributed by atoms with Gasteiger partial charge in [-0.15, -0.1) is 0 Å². The van der Waals surface area contributed by atoms with E-state index in [4.69, 9.17) is 14.7 Å². The number of anilines is 1. The highest BCUT2D eigenvalue weighted by molar-refractivity contribution is 5.95. The first-order valence-corrected chi connectivity index (χ1v) is 8.78. The molecule has 0 radical (unpaired) electrons. The standard InChI is InChI=1S/C21H22N2O4/c1-2-3-14-26-19-10-6-17(7-11-19)21(25)27-15-20(24)23-18-8-4-16(5-9-18)12-13-22/h4-11H,2-3,12,14-15H2,1H3,(H,23,24). The minimum absolute atomic E-state index is 0.314. The van der Waals surface area contributed by atoms with Crippen LogP contribution in [-0.2, 0) is 16.0 Å². The number of nitrogens with one attached hydrogen (secondary N) is 1. The molecule has 0 spiro atoms. The van der Waals surface area contributed by atoms with Gasteiger partial charge < -0.3 is 14.8 Å². The highest BCUT2D eigenvalue weighted by atomic mass is 16.5. The molecule has 0 bridgehead atoms. The van der Waals surface area contributed by atoms with Crippen molar-refractivity contribution in [3.63, 3.8) is 0 Å². The molecule has 0 aliphatic heterocycles. The molecular formula is C21H22N2O4. The summed E-state index contributed by atoms with van der Waals surface area (Å²) in [6, 6.07) is 15.6. The summed E-state index contributed by atoms with van der Waals surface area (Å²) in [6.07, 6.45) is 2.34. The molecule has 2 rings (SSSR count). The number of hydrogen-bond acceptors (Lipinski definition) is 5. The molecule has 0 saturated carbocycles. The second-order valence-corrected chi connectivity index (χ2v) is 5.88. The Labute approximate surface area is 158 Å². The van der Waals surface area contributed by atoms with Gasteiger partial charge >= 0.3 is 5.97 Å². The van der Waals surface area contributed by atoms with E-state index in [0.29, 0.717) is 30.0 Å². The molecule has 0 aromatic heterocycles. The molecule has 0 unspecified atom stereocenters. The molecular weight excluding hydrogens is 344 g/mol. The molecule has 140 valence electrons. The van der Waals surface area contributed by atoms with E-state index < -0.39 is 11.9 Å². The minimum Gasteiger partial charge on any atom is -0.494 e. The predicted molar refractivity (Wildman–Crippen MR) is 102 cm³/mol. The lowest BCUT2D eigenvalue weighted by molar-refractivity contribution is -0.119. The van der Waals surface area contributed by atoms with Gasteiger partial charge in [-0.3, -0.25) is 4.79 Å². The number of nitrogens with zero attached hydrogens (tertiary/aromatic N) is 1. The normalized spacial score (nSPS) is 9.93. The Morgan fingerprint density at radius 2 is 1.78 bits per heavy atom. The number of ether oxygens (including phenoxy) is 2. The van der Waals surface area contributed by atoms with E-state index in [-0.39, 0.29) is 6.61 Å². The fourth-order valence-corrected chi connectivity index (χ4v) is 2.23. The molecule has 2 aromatic rings. The highest BCUT2D eigenvalue weighted by Gasteiger charge is 2.10. The Morgan fingerprint density at radius 1 is 1.07 bits per heavy atom. The van der Waals surface area contributed by atoms with Crippen molar-refractivity contribution in [3.05, 3.63) is 59.7 Å². The van der Waals surface area contributed by atoms with Crippen molar-refractivity contribution in [2.75, 3.05) is 18.5 Å². The van der Waals surface area contributed by atoms with Gasteiger partial charge in [-0.25, -0.2) is 4.79 Å². The number of amides is 1. The van der Waals surface area contributed by atoms with Crippen molar-refractivity contribution >= 4 is 17.6 Å². The molecule has 1 amide bonds. The van der Waals surface area contributed by atoms with Crippen LogP contribution in [0.2, 0.25) is 0 Å². The van der Waals surface area contributed by atoms with Crippen LogP contribution in [-0.4, -0.2) is 25.1 Å². The summed E-state index contributed by atoms with van der Waals surface area (Å²) in [4.78, 5) is 23.9. The topological polar surface area (TPSA) is 88.4 Å². The van der Waals surface area contributed by atoms with Crippen LogP contribution in [0.5, 0.6) is 5.75 Å². The number of carbonyl (C=O) groups is 2. The molecule has 27 heavy (non-hydrogen) atoms. The van der Waals surface area contributed by atoms with Crippen molar-refractivity contribution in [2.24, 2.45) is 0 Å². The first kappa shape index (κ1) is 20.0. The van der Waals surface area contributed by atoms with E-state index in [1.54, 1.807) is 48.5 Å². The Morgan fingerprint density at radius 3 is 2.41 bits per heavy atom. The third-order valence-corrected chi connectivity index (χ3v) is 3.71.